The Labute approximate surface area is 157 Å². The fourth-order valence-electron chi connectivity index (χ4n) is 2.07. The minimum Gasteiger partial charge on any atom is -0.489 e. The van der Waals surface area contributed by atoms with Crippen LogP contribution in [0.3, 0.4) is 0 Å². The molecule has 0 atom stereocenters. The van der Waals surface area contributed by atoms with E-state index >= 15 is 0 Å². The molecule has 0 spiro atoms. The van der Waals surface area contributed by atoms with E-state index in [2.05, 4.69) is 52.1 Å². The van der Waals surface area contributed by atoms with Crippen molar-refractivity contribution in [3.8, 4) is 5.75 Å². The molecule has 0 fully saturated rings. The molecular formula is C20H28ClNO2Si. The highest BCUT2D eigenvalue weighted by Gasteiger charge is 2.36. The molecule has 2 N–H and O–H groups in total. The second-order valence-electron chi connectivity index (χ2n) is 7.84. The highest BCUT2D eigenvalue weighted by molar-refractivity contribution is 6.74. The van der Waals surface area contributed by atoms with Gasteiger partial charge in [-0.15, -0.1) is 0 Å². The average Bonchev–Trinajstić information content (AvgIpc) is 2.53. The van der Waals surface area contributed by atoms with Crippen molar-refractivity contribution >= 4 is 25.6 Å². The molecule has 0 heterocycles. The van der Waals surface area contributed by atoms with Gasteiger partial charge in [0.1, 0.15) is 12.4 Å². The van der Waals surface area contributed by atoms with Crippen LogP contribution in [-0.2, 0) is 17.6 Å². The summed E-state index contributed by atoms with van der Waals surface area (Å²) in [4.78, 5) is 0. The second-order valence-corrected chi connectivity index (χ2v) is 13.1. The van der Waals surface area contributed by atoms with Crippen molar-refractivity contribution < 1.29 is 9.16 Å². The molecule has 0 radical (unpaired) electrons. The van der Waals surface area contributed by atoms with E-state index in [4.69, 9.17) is 26.5 Å². The van der Waals surface area contributed by atoms with Gasteiger partial charge in [0.05, 0.1) is 17.3 Å². The maximum absolute atomic E-state index is 6.29. The Bertz CT molecular complexity index is 726. The Morgan fingerprint density at radius 3 is 2.24 bits per heavy atom. The summed E-state index contributed by atoms with van der Waals surface area (Å²) >= 11 is 5.93. The summed E-state index contributed by atoms with van der Waals surface area (Å²) in [5.41, 5.74) is 8.60. The summed E-state index contributed by atoms with van der Waals surface area (Å²) in [5, 5.41) is 0.750. The number of nitrogens with two attached hydrogens (primary N) is 1. The van der Waals surface area contributed by atoms with Crippen molar-refractivity contribution in [1.82, 2.24) is 0 Å². The van der Waals surface area contributed by atoms with Crippen molar-refractivity contribution in [1.29, 1.82) is 0 Å². The molecule has 3 nitrogen and oxygen atoms in total. The van der Waals surface area contributed by atoms with Gasteiger partial charge < -0.3 is 14.9 Å². The molecule has 25 heavy (non-hydrogen) atoms. The van der Waals surface area contributed by atoms with E-state index in [0.29, 0.717) is 29.7 Å². The van der Waals surface area contributed by atoms with Crippen LogP contribution in [0.15, 0.2) is 42.5 Å². The molecule has 0 bridgehead atoms. The van der Waals surface area contributed by atoms with E-state index in [9.17, 15) is 0 Å². The lowest BCUT2D eigenvalue weighted by Gasteiger charge is -2.36. The molecule has 0 aromatic heterocycles. The van der Waals surface area contributed by atoms with Crippen molar-refractivity contribution in [3.05, 3.63) is 58.6 Å². The van der Waals surface area contributed by atoms with Crippen LogP contribution in [0.1, 0.15) is 31.9 Å². The minimum atomic E-state index is -1.75. The van der Waals surface area contributed by atoms with Crippen LogP contribution in [0.25, 0.3) is 0 Å². The number of hydrogen-bond acceptors (Lipinski definition) is 3. The molecule has 0 unspecified atom stereocenters. The highest BCUT2D eigenvalue weighted by Crippen LogP contribution is 2.37. The zero-order valence-electron chi connectivity index (χ0n) is 15.7. The highest BCUT2D eigenvalue weighted by atomic mass is 35.5. The number of benzene rings is 2. The van der Waals surface area contributed by atoms with E-state index in [0.717, 1.165) is 5.56 Å². The van der Waals surface area contributed by atoms with Crippen molar-refractivity contribution in [3.63, 3.8) is 0 Å². The van der Waals surface area contributed by atoms with Gasteiger partial charge in [-0.1, -0.05) is 56.6 Å². The number of halogens is 1. The van der Waals surface area contributed by atoms with Gasteiger partial charge in [0, 0.05) is 6.07 Å². The first-order valence-corrected chi connectivity index (χ1v) is 11.8. The molecule has 0 saturated heterocycles. The minimum absolute atomic E-state index is 0.211. The lowest BCUT2D eigenvalue weighted by Crippen LogP contribution is -2.40. The van der Waals surface area contributed by atoms with Crippen LogP contribution in [-0.4, -0.2) is 8.32 Å². The normalized spacial score (nSPS) is 12.2. The number of hydrogen-bond donors (Lipinski definition) is 1. The molecule has 0 aliphatic carbocycles. The van der Waals surface area contributed by atoms with Gasteiger partial charge in [0.25, 0.3) is 0 Å². The molecular weight excluding hydrogens is 350 g/mol. The quantitative estimate of drug-likeness (QED) is 0.494. The van der Waals surface area contributed by atoms with E-state index in [1.165, 1.54) is 5.56 Å². The standard InChI is InChI=1S/C20H28ClNO2Si/c1-20(2,3)25(4,5)24-14-16-8-6-7-15(11-16)13-23-17-9-10-18(21)19(22)12-17/h6-12H,13-14,22H2,1-5H3. The maximum Gasteiger partial charge on any atom is 0.192 e. The average molecular weight is 378 g/mol. The lowest BCUT2D eigenvalue weighted by atomic mass is 10.1. The summed E-state index contributed by atoms with van der Waals surface area (Å²) in [6.45, 7) is 12.4. The van der Waals surface area contributed by atoms with Gasteiger partial charge in [-0.3, -0.25) is 0 Å². The zero-order valence-corrected chi connectivity index (χ0v) is 17.5. The van der Waals surface area contributed by atoms with E-state index < -0.39 is 8.32 Å². The van der Waals surface area contributed by atoms with Crippen LogP contribution in [0.5, 0.6) is 5.75 Å². The van der Waals surface area contributed by atoms with Crippen LogP contribution < -0.4 is 10.5 Å². The molecule has 0 amide bonds. The Morgan fingerprint density at radius 1 is 1.00 bits per heavy atom. The first-order chi connectivity index (χ1) is 11.6. The van der Waals surface area contributed by atoms with Crippen LogP contribution in [0.4, 0.5) is 5.69 Å². The lowest BCUT2D eigenvalue weighted by molar-refractivity contribution is 0.275. The second kappa shape index (κ2) is 7.81. The smallest absolute Gasteiger partial charge is 0.192 e. The maximum atomic E-state index is 6.29. The van der Waals surface area contributed by atoms with Crippen LogP contribution in [0.2, 0.25) is 23.2 Å². The Balaban J connectivity index is 1.98. The first-order valence-electron chi connectivity index (χ1n) is 8.48. The van der Waals surface area contributed by atoms with Crippen molar-refractivity contribution in [2.24, 2.45) is 0 Å². The molecule has 2 aromatic carbocycles. The summed E-state index contributed by atoms with van der Waals surface area (Å²) in [6.07, 6.45) is 0. The largest absolute Gasteiger partial charge is 0.489 e. The van der Waals surface area contributed by atoms with Gasteiger partial charge in [-0.2, -0.15) is 0 Å². The number of nitrogen functional groups attached to an aromatic ring is 1. The topological polar surface area (TPSA) is 44.5 Å². The van der Waals surface area contributed by atoms with Crippen LogP contribution in [0, 0.1) is 0 Å². The molecule has 136 valence electrons. The number of ether oxygens (including phenoxy) is 1. The summed E-state index contributed by atoms with van der Waals surface area (Å²) in [5.74, 6) is 0.713. The predicted octanol–water partition coefficient (Wildman–Crippen LogP) is 6.02. The number of anilines is 1. The third-order valence-electron chi connectivity index (χ3n) is 4.77. The van der Waals surface area contributed by atoms with E-state index in [-0.39, 0.29) is 5.04 Å². The van der Waals surface area contributed by atoms with Gasteiger partial charge in [0.15, 0.2) is 8.32 Å². The first kappa shape index (κ1) is 19.8. The van der Waals surface area contributed by atoms with E-state index in [1.807, 2.05) is 12.1 Å². The Kier molecular flexibility index (Phi) is 6.19. The van der Waals surface area contributed by atoms with Crippen molar-refractivity contribution in [2.75, 3.05) is 5.73 Å². The third kappa shape index (κ3) is 5.49. The van der Waals surface area contributed by atoms with Gasteiger partial charge >= 0.3 is 0 Å². The van der Waals surface area contributed by atoms with Gasteiger partial charge in [-0.25, -0.2) is 0 Å². The summed E-state index contributed by atoms with van der Waals surface area (Å²) in [6, 6.07) is 13.6. The molecule has 0 aliphatic heterocycles. The molecule has 0 saturated carbocycles. The van der Waals surface area contributed by atoms with Gasteiger partial charge in [0.2, 0.25) is 0 Å². The SMILES string of the molecule is CC(C)(C)[Si](C)(C)OCc1cccc(COc2ccc(Cl)c(N)c2)c1. The molecule has 2 aromatic rings. The Morgan fingerprint density at radius 2 is 1.64 bits per heavy atom. The van der Waals surface area contributed by atoms with E-state index in [1.54, 1.807) is 12.1 Å². The Hall–Kier alpha value is -1.49. The molecule has 0 aliphatic rings. The van der Waals surface area contributed by atoms with Crippen LogP contribution >= 0.6 is 11.6 Å². The molecule has 5 heteroatoms. The fourth-order valence-corrected chi connectivity index (χ4v) is 3.15. The van der Waals surface area contributed by atoms with Gasteiger partial charge in [-0.05, 0) is 41.4 Å². The number of rotatable bonds is 6. The third-order valence-corrected chi connectivity index (χ3v) is 9.59. The van der Waals surface area contributed by atoms with Crippen molar-refractivity contribution in [2.45, 2.75) is 52.1 Å². The summed E-state index contributed by atoms with van der Waals surface area (Å²) < 4.78 is 12.1. The fraction of sp³-hybridized carbons (Fsp3) is 0.400. The predicted molar refractivity (Wildman–Crippen MR) is 109 cm³/mol. The monoisotopic (exact) mass is 377 g/mol. The zero-order chi connectivity index (χ0) is 18.7. The summed E-state index contributed by atoms with van der Waals surface area (Å²) in [7, 11) is -1.75. The molecule has 2 rings (SSSR count).